The smallest absolute Gasteiger partial charge is 0.177 e. The Labute approximate surface area is 131 Å². The van der Waals surface area contributed by atoms with Crippen molar-refractivity contribution >= 4 is 12.2 Å². The first-order valence-corrected chi connectivity index (χ1v) is 8.24. The van der Waals surface area contributed by atoms with Crippen molar-refractivity contribution in [2.24, 2.45) is 0 Å². The number of benzene rings is 1. The Morgan fingerprint density at radius 2 is 1.86 bits per heavy atom. The zero-order chi connectivity index (χ0) is 14.7. The Morgan fingerprint density at radius 1 is 1.14 bits per heavy atom. The minimum absolute atomic E-state index is 0.523. The lowest BCUT2D eigenvalue weighted by atomic mass is 10.1. The highest BCUT2D eigenvalue weighted by Crippen LogP contribution is 2.21. The van der Waals surface area contributed by atoms with Crippen molar-refractivity contribution < 1.29 is 0 Å². The summed E-state index contributed by atoms with van der Waals surface area (Å²) in [6.07, 6.45) is 6.06. The molecular formula is C17H23N3S. The molecule has 0 saturated carbocycles. The number of imidazole rings is 1. The number of hydrogen-bond acceptors (Lipinski definition) is 2. The summed E-state index contributed by atoms with van der Waals surface area (Å²) >= 11 is 5.48. The van der Waals surface area contributed by atoms with Crippen LogP contribution in [-0.2, 0) is 6.54 Å². The highest BCUT2D eigenvalue weighted by molar-refractivity contribution is 7.71. The van der Waals surface area contributed by atoms with Gasteiger partial charge in [0.25, 0.3) is 0 Å². The van der Waals surface area contributed by atoms with Gasteiger partial charge < -0.3 is 9.55 Å². The van der Waals surface area contributed by atoms with Gasteiger partial charge in [0.1, 0.15) is 0 Å². The Balaban J connectivity index is 1.82. The van der Waals surface area contributed by atoms with Crippen LogP contribution in [0.25, 0.3) is 11.3 Å². The molecule has 21 heavy (non-hydrogen) atoms. The van der Waals surface area contributed by atoms with Gasteiger partial charge in [0.2, 0.25) is 0 Å². The maximum absolute atomic E-state index is 5.48. The van der Waals surface area contributed by atoms with Crippen molar-refractivity contribution in [1.29, 1.82) is 0 Å². The van der Waals surface area contributed by atoms with Crippen molar-refractivity contribution in [2.75, 3.05) is 13.1 Å². The van der Waals surface area contributed by atoms with E-state index in [2.05, 4.69) is 45.6 Å². The average Bonchev–Trinajstić information content (AvgIpc) is 2.90. The minimum atomic E-state index is 0.523. The molecule has 1 fully saturated rings. The van der Waals surface area contributed by atoms with Crippen LogP contribution in [0, 0.1) is 4.77 Å². The minimum Gasteiger partial charge on any atom is -0.337 e. The monoisotopic (exact) mass is 301 g/mol. The maximum Gasteiger partial charge on any atom is 0.177 e. The third-order valence-corrected chi connectivity index (χ3v) is 4.74. The lowest BCUT2D eigenvalue weighted by Gasteiger charge is -2.32. The zero-order valence-corrected chi connectivity index (χ0v) is 13.4. The third kappa shape index (κ3) is 3.27. The molecule has 0 radical (unpaired) electrons. The molecule has 0 aliphatic carbocycles. The predicted octanol–water partition coefficient (Wildman–Crippen LogP) is 4.09. The van der Waals surface area contributed by atoms with Gasteiger partial charge in [0.05, 0.1) is 5.69 Å². The molecule has 1 aliphatic rings. The SMILES string of the molecule is CC(Cn1c(-c2ccccc2)c[nH]c1=S)N1CCCCC1. The van der Waals surface area contributed by atoms with Crippen LogP contribution in [0.5, 0.6) is 0 Å². The highest BCUT2D eigenvalue weighted by Gasteiger charge is 2.18. The summed E-state index contributed by atoms with van der Waals surface area (Å²) in [6, 6.07) is 11.0. The van der Waals surface area contributed by atoms with Crippen LogP contribution < -0.4 is 0 Å². The number of H-pyrrole nitrogens is 1. The molecule has 1 saturated heterocycles. The summed E-state index contributed by atoms with van der Waals surface area (Å²) < 4.78 is 3.06. The van der Waals surface area contributed by atoms with E-state index in [-0.39, 0.29) is 0 Å². The van der Waals surface area contributed by atoms with Gasteiger partial charge in [-0.15, -0.1) is 0 Å². The molecule has 2 aromatic rings. The molecule has 2 heterocycles. The second-order valence-electron chi connectivity index (χ2n) is 5.90. The van der Waals surface area contributed by atoms with E-state index >= 15 is 0 Å². The predicted molar refractivity (Wildman–Crippen MR) is 89.9 cm³/mol. The van der Waals surface area contributed by atoms with Crippen LogP contribution >= 0.6 is 12.2 Å². The molecule has 1 unspecified atom stereocenters. The topological polar surface area (TPSA) is 24.0 Å². The number of rotatable bonds is 4. The fourth-order valence-electron chi connectivity index (χ4n) is 3.16. The first kappa shape index (κ1) is 14.5. The number of nitrogens with zero attached hydrogens (tertiary/aromatic N) is 2. The first-order chi connectivity index (χ1) is 10.3. The molecule has 112 valence electrons. The standard InChI is InChI=1S/C17H23N3S/c1-14(19-10-6-3-7-11-19)13-20-16(12-18-17(20)21)15-8-4-2-5-9-15/h2,4-5,8-9,12,14H,3,6-7,10-11,13H2,1H3,(H,18,21). The molecule has 1 aromatic heterocycles. The molecule has 0 spiro atoms. The molecule has 1 N–H and O–H groups in total. The van der Waals surface area contributed by atoms with Crippen LogP contribution in [0.4, 0.5) is 0 Å². The van der Waals surface area contributed by atoms with Gasteiger partial charge in [-0.3, -0.25) is 4.90 Å². The second-order valence-corrected chi connectivity index (χ2v) is 6.29. The van der Waals surface area contributed by atoms with E-state index in [0.29, 0.717) is 6.04 Å². The summed E-state index contributed by atoms with van der Waals surface area (Å²) in [5.41, 5.74) is 2.40. The maximum atomic E-state index is 5.48. The van der Waals surface area contributed by atoms with Crippen LogP contribution in [-0.4, -0.2) is 33.6 Å². The van der Waals surface area contributed by atoms with Crippen LogP contribution in [0.1, 0.15) is 26.2 Å². The quantitative estimate of drug-likeness (QED) is 0.860. The van der Waals surface area contributed by atoms with E-state index in [1.54, 1.807) is 0 Å². The number of hydrogen-bond donors (Lipinski definition) is 1. The Morgan fingerprint density at radius 3 is 2.57 bits per heavy atom. The highest BCUT2D eigenvalue weighted by atomic mass is 32.1. The van der Waals surface area contributed by atoms with Crippen molar-refractivity contribution in [3.63, 3.8) is 0 Å². The van der Waals surface area contributed by atoms with Gasteiger partial charge in [-0.1, -0.05) is 36.8 Å². The summed E-state index contributed by atoms with van der Waals surface area (Å²) in [6.45, 7) is 5.71. The number of aromatic nitrogens is 2. The van der Waals surface area contributed by atoms with Crippen molar-refractivity contribution in [2.45, 2.75) is 38.8 Å². The number of piperidine rings is 1. The molecule has 0 amide bonds. The van der Waals surface area contributed by atoms with E-state index in [4.69, 9.17) is 12.2 Å². The summed E-state index contributed by atoms with van der Waals surface area (Å²) in [4.78, 5) is 5.79. The number of aromatic amines is 1. The molecule has 1 atom stereocenters. The third-order valence-electron chi connectivity index (χ3n) is 4.40. The van der Waals surface area contributed by atoms with Gasteiger partial charge in [0, 0.05) is 18.8 Å². The summed E-state index contributed by atoms with van der Waals surface area (Å²) in [5, 5.41) is 0. The van der Waals surface area contributed by atoms with Gasteiger partial charge >= 0.3 is 0 Å². The Bertz CT molecular complexity index is 623. The average molecular weight is 301 g/mol. The van der Waals surface area contributed by atoms with Gasteiger partial charge in [0.15, 0.2) is 4.77 Å². The normalized spacial score (nSPS) is 17.8. The fraction of sp³-hybridized carbons (Fsp3) is 0.471. The number of nitrogens with one attached hydrogen (secondary N) is 1. The van der Waals surface area contributed by atoms with Crippen molar-refractivity contribution in [3.8, 4) is 11.3 Å². The van der Waals surface area contributed by atoms with Crippen LogP contribution in [0.3, 0.4) is 0 Å². The number of likely N-dealkylation sites (tertiary alicyclic amines) is 1. The molecule has 4 heteroatoms. The van der Waals surface area contributed by atoms with E-state index in [1.165, 1.54) is 43.6 Å². The summed E-state index contributed by atoms with van der Waals surface area (Å²) in [7, 11) is 0. The Kier molecular flexibility index (Phi) is 4.56. The fourth-order valence-corrected chi connectivity index (χ4v) is 3.40. The molecule has 1 aromatic carbocycles. The second kappa shape index (κ2) is 6.58. The molecular weight excluding hydrogens is 278 g/mol. The van der Waals surface area contributed by atoms with Crippen molar-refractivity contribution in [1.82, 2.24) is 14.5 Å². The largest absolute Gasteiger partial charge is 0.337 e. The van der Waals surface area contributed by atoms with E-state index in [0.717, 1.165) is 11.3 Å². The van der Waals surface area contributed by atoms with E-state index in [9.17, 15) is 0 Å². The van der Waals surface area contributed by atoms with Crippen molar-refractivity contribution in [3.05, 3.63) is 41.3 Å². The van der Waals surface area contributed by atoms with E-state index in [1.807, 2.05) is 12.3 Å². The molecule has 0 bridgehead atoms. The lowest BCUT2D eigenvalue weighted by Crippen LogP contribution is -2.39. The van der Waals surface area contributed by atoms with E-state index < -0.39 is 0 Å². The zero-order valence-electron chi connectivity index (χ0n) is 12.6. The van der Waals surface area contributed by atoms with Crippen LogP contribution in [0.15, 0.2) is 36.5 Å². The molecule has 1 aliphatic heterocycles. The lowest BCUT2D eigenvalue weighted by molar-refractivity contribution is 0.160. The van der Waals surface area contributed by atoms with Crippen LogP contribution in [0.2, 0.25) is 0 Å². The van der Waals surface area contributed by atoms with Gasteiger partial charge in [-0.2, -0.15) is 0 Å². The first-order valence-electron chi connectivity index (χ1n) is 7.83. The molecule has 3 nitrogen and oxygen atoms in total. The molecule has 3 rings (SSSR count). The summed E-state index contributed by atoms with van der Waals surface area (Å²) in [5.74, 6) is 0. The van der Waals surface area contributed by atoms with Gasteiger partial charge in [-0.05, 0) is 50.6 Å². The Hall–Kier alpha value is -1.39. The van der Waals surface area contributed by atoms with Gasteiger partial charge in [-0.25, -0.2) is 0 Å².